The highest BCUT2D eigenvalue weighted by molar-refractivity contribution is 5.43. The molecule has 14 heavy (non-hydrogen) atoms. The topological polar surface area (TPSA) is 31.5 Å². The Bertz CT molecular complexity index is 296. The van der Waals surface area contributed by atoms with Gasteiger partial charge in [-0.15, -0.1) is 0 Å². The molecular formula is C13H22O. The maximum Gasteiger partial charge on any atom is 0.0101 e. The van der Waals surface area contributed by atoms with Crippen LogP contribution in [0, 0.1) is 10.8 Å². The minimum Gasteiger partial charge on any atom is -0.412 e. The van der Waals surface area contributed by atoms with E-state index in [0.29, 0.717) is 10.8 Å². The van der Waals surface area contributed by atoms with Crippen molar-refractivity contribution in [1.29, 1.82) is 0 Å². The Morgan fingerprint density at radius 2 is 1.71 bits per heavy atom. The van der Waals surface area contributed by atoms with Crippen LogP contribution in [0.2, 0.25) is 0 Å². The van der Waals surface area contributed by atoms with Crippen LogP contribution in [0.1, 0.15) is 47.0 Å². The van der Waals surface area contributed by atoms with Gasteiger partial charge in [-0.25, -0.2) is 0 Å². The largest absolute Gasteiger partial charge is 0.412 e. The van der Waals surface area contributed by atoms with E-state index in [1.54, 1.807) is 11.1 Å². The molecule has 0 aromatic rings. The maximum atomic E-state index is 2.42. The first-order chi connectivity index (χ1) is 5.97. The molecule has 2 rings (SSSR count). The highest BCUT2D eigenvalue weighted by Gasteiger charge is 2.43. The molecule has 1 heteroatoms. The van der Waals surface area contributed by atoms with Gasteiger partial charge in [0.2, 0.25) is 0 Å². The summed E-state index contributed by atoms with van der Waals surface area (Å²) >= 11 is 0. The van der Waals surface area contributed by atoms with Crippen LogP contribution in [0.3, 0.4) is 0 Å². The SMILES string of the molecule is CC1=CC=C2C(C)(C)CCCC12C.O. The first kappa shape index (κ1) is 11.5. The summed E-state index contributed by atoms with van der Waals surface area (Å²) in [4.78, 5) is 0. The van der Waals surface area contributed by atoms with Gasteiger partial charge in [0.25, 0.3) is 0 Å². The number of rotatable bonds is 0. The van der Waals surface area contributed by atoms with Crippen molar-refractivity contribution in [3.05, 3.63) is 23.3 Å². The van der Waals surface area contributed by atoms with Crippen LogP contribution >= 0.6 is 0 Å². The van der Waals surface area contributed by atoms with Gasteiger partial charge >= 0.3 is 0 Å². The Hall–Kier alpha value is -0.560. The molecule has 0 spiro atoms. The molecule has 2 aliphatic rings. The standard InChI is InChI=1S/C13H20.H2O/c1-10-6-7-11-12(2,3)8-5-9-13(10,11)4;/h6-7H,5,8-9H2,1-4H3;1H2. The first-order valence-electron chi connectivity index (χ1n) is 5.37. The van der Waals surface area contributed by atoms with Crippen LogP contribution < -0.4 is 0 Å². The number of allylic oxidation sites excluding steroid dienone is 4. The van der Waals surface area contributed by atoms with Crippen LogP contribution in [-0.2, 0) is 0 Å². The highest BCUT2D eigenvalue weighted by Crippen LogP contribution is 2.56. The van der Waals surface area contributed by atoms with E-state index in [0.717, 1.165) is 0 Å². The van der Waals surface area contributed by atoms with Crippen LogP contribution in [0.15, 0.2) is 23.3 Å². The summed E-state index contributed by atoms with van der Waals surface area (Å²) in [5, 5.41) is 0. The van der Waals surface area contributed by atoms with Gasteiger partial charge in [0.1, 0.15) is 0 Å². The lowest BCUT2D eigenvalue weighted by atomic mass is 9.60. The van der Waals surface area contributed by atoms with E-state index < -0.39 is 0 Å². The van der Waals surface area contributed by atoms with Crippen molar-refractivity contribution in [3.63, 3.8) is 0 Å². The van der Waals surface area contributed by atoms with Gasteiger partial charge in [0, 0.05) is 5.41 Å². The second kappa shape index (κ2) is 3.23. The van der Waals surface area contributed by atoms with Crippen LogP contribution in [-0.4, -0.2) is 5.48 Å². The van der Waals surface area contributed by atoms with E-state index in [2.05, 4.69) is 39.8 Å². The van der Waals surface area contributed by atoms with Crippen molar-refractivity contribution >= 4 is 0 Å². The Balaban J connectivity index is 0.000000980. The third-order valence-electron chi connectivity index (χ3n) is 4.17. The summed E-state index contributed by atoms with van der Waals surface area (Å²) in [6, 6.07) is 0. The molecule has 80 valence electrons. The zero-order valence-electron chi connectivity index (χ0n) is 9.78. The predicted molar refractivity (Wildman–Crippen MR) is 61.2 cm³/mol. The van der Waals surface area contributed by atoms with Gasteiger partial charge in [0.05, 0.1) is 0 Å². The third-order valence-corrected chi connectivity index (χ3v) is 4.17. The summed E-state index contributed by atoms with van der Waals surface area (Å²) in [6.45, 7) is 9.48. The zero-order valence-corrected chi connectivity index (χ0v) is 9.78. The van der Waals surface area contributed by atoms with Crippen LogP contribution in [0.4, 0.5) is 0 Å². The average Bonchev–Trinajstić information content (AvgIpc) is 2.29. The molecule has 0 aromatic heterocycles. The summed E-state index contributed by atoms with van der Waals surface area (Å²) < 4.78 is 0. The van der Waals surface area contributed by atoms with E-state index in [4.69, 9.17) is 0 Å². The van der Waals surface area contributed by atoms with Gasteiger partial charge in [-0.2, -0.15) is 0 Å². The molecule has 1 saturated carbocycles. The van der Waals surface area contributed by atoms with E-state index >= 15 is 0 Å². The van der Waals surface area contributed by atoms with E-state index in [1.807, 2.05) is 0 Å². The second-order valence-electron chi connectivity index (χ2n) is 5.50. The number of fused-ring (bicyclic) bond motifs is 1. The molecule has 0 amide bonds. The van der Waals surface area contributed by atoms with Gasteiger partial charge in [-0.3, -0.25) is 0 Å². The summed E-state index contributed by atoms with van der Waals surface area (Å²) in [7, 11) is 0. The Morgan fingerprint density at radius 3 is 2.29 bits per heavy atom. The molecule has 0 heterocycles. The van der Waals surface area contributed by atoms with Crippen molar-refractivity contribution in [3.8, 4) is 0 Å². The molecular weight excluding hydrogens is 172 g/mol. The molecule has 0 bridgehead atoms. The fourth-order valence-electron chi connectivity index (χ4n) is 3.11. The van der Waals surface area contributed by atoms with Crippen LogP contribution in [0.25, 0.3) is 0 Å². The first-order valence-corrected chi connectivity index (χ1v) is 5.37. The van der Waals surface area contributed by atoms with E-state index in [9.17, 15) is 0 Å². The van der Waals surface area contributed by atoms with E-state index in [1.165, 1.54) is 19.3 Å². The molecule has 0 radical (unpaired) electrons. The summed E-state index contributed by atoms with van der Waals surface area (Å²) in [5.74, 6) is 0. The van der Waals surface area contributed by atoms with Crippen LogP contribution in [0.5, 0.6) is 0 Å². The lowest BCUT2D eigenvalue weighted by Crippen LogP contribution is -2.33. The monoisotopic (exact) mass is 194 g/mol. The fourth-order valence-corrected chi connectivity index (χ4v) is 3.11. The lowest BCUT2D eigenvalue weighted by molar-refractivity contribution is 0.234. The van der Waals surface area contributed by atoms with Crippen molar-refractivity contribution in [2.75, 3.05) is 0 Å². The molecule has 0 aliphatic heterocycles. The molecule has 1 nitrogen and oxygen atoms in total. The maximum absolute atomic E-state index is 2.42. The Kier molecular flexibility index (Phi) is 2.66. The quantitative estimate of drug-likeness (QED) is 0.567. The smallest absolute Gasteiger partial charge is 0.0101 e. The number of hydrogen-bond donors (Lipinski definition) is 0. The molecule has 1 fully saturated rings. The Morgan fingerprint density at radius 1 is 1.07 bits per heavy atom. The number of hydrogen-bond acceptors (Lipinski definition) is 0. The predicted octanol–water partition coefficient (Wildman–Crippen LogP) is 3.26. The molecule has 1 atom stereocenters. The summed E-state index contributed by atoms with van der Waals surface area (Å²) in [5.41, 5.74) is 4.07. The second-order valence-corrected chi connectivity index (χ2v) is 5.50. The molecule has 0 aromatic carbocycles. The van der Waals surface area contributed by atoms with E-state index in [-0.39, 0.29) is 5.48 Å². The van der Waals surface area contributed by atoms with Gasteiger partial charge in [-0.1, -0.05) is 50.5 Å². The fraction of sp³-hybridized carbons (Fsp3) is 0.692. The zero-order chi connectivity index (χ0) is 9.69. The third kappa shape index (κ3) is 1.35. The lowest BCUT2D eigenvalue weighted by Gasteiger charge is -2.44. The molecule has 0 saturated heterocycles. The average molecular weight is 194 g/mol. The van der Waals surface area contributed by atoms with Crippen molar-refractivity contribution in [2.45, 2.75) is 47.0 Å². The van der Waals surface area contributed by atoms with Gasteiger partial charge in [-0.05, 0) is 25.2 Å². The van der Waals surface area contributed by atoms with Crippen molar-refractivity contribution < 1.29 is 5.48 Å². The molecule has 2 N–H and O–H groups in total. The van der Waals surface area contributed by atoms with Gasteiger partial charge < -0.3 is 5.48 Å². The van der Waals surface area contributed by atoms with Crippen molar-refractivity contribution in [2.24, 2.45) is 10.8 Å². The van der Waals surface area contributed by atoms with Crippen molar-refractivity contribution in [1.82, 2.24) is 0 Å². The van der Waals surface area contributed by atoms with Gasteiger partial charge in [0.15, 0.2) is 0 Å². The minimum absolute atomic E-state index is 0. The Labute approximate surface area is 87.2 Å². The highest BCUT2D eigenvalue weighted by atomic mass is 16.0. The summed E-state index contributed by atoms with van der Waals surface area (Å²) in [6.07, 6.45) is 8.78. The normalized spacial score (nSPS) is 34.0. The molecule has 1 unspecified atom stereocenters. The molecule has 2 aliphatic carbocycles. The minimum atomic E-state index is 0.